The van der Waals surface area contributed by atoms with E-state index < -0.39 is 0 Å². The van der Waals surface area contributed by atoms with E-state index in [2.05, 4.69) is 44.4 Å². The Kier molecular flexibility index (Phi) is 4.15. The lowest BCUT2D eigenvalue weighted by Gasteiger charge is -2.15. The number of halogens is 1. The minimum Gasteiger partial charge on any atom is -0.473 e. The molecule has 1 aliphatic carbocycles. The van der Waals surface area contributed by atoms with E-state index >= 15 is 0 Å². The van der Waals surface area contributed by atoms with Crippen LogP contribution in [0.4, 0.5) is 5.69 Å². The van der Waals surface area contributed by atoms with E-state index in [1.807, 2.05) is 26.1 Å². The SMILES string of the molecule is CNc1cccc(C2CC2)c1COc1ccc(Br)c(C)n1. The lowest BCUT2D eigenvalue weighted by atomic mass is 10.0. The summed E-state index contributed by atoms with van der Waals surface area (Å²) in [7, 11) is 1.96. The van der Waals surface area contributed by atoms with Gasteiger partial charge in [0.1, 0.15) is 6.61 Å². The Labute approximate surface area is 133 Å². The monoisotopic (exact) mass is 346 g/mol. The summed E-state index contributed by atoms with van der Waals surface area (Å²) in [4.78, 5) is 4.44. The first kappa shape index (κ1) is 14.4. The highest BCUT2D eigenvalue weighted by Gasteiger charge is 2.27. The van der Waals surface area contributed by atoms with Crippen LogP contribution >= 0.6 is 15.9 Å². The molecule has 4 heteroatoms. The van der Waals surface area contributed by atoms with E-state index in [1.165, 1.54) is 24.0 Å². The number of nitrogens with one attached hydrogen (secondary N) is 1. The number of hydrogen-bond donors (Lipinski definition) is 1. The minimum absolute atomic E-state index is 0.552. The van der Waals surface area contributed by atoms with Crippen LogP contribution in [0.2, 0.25) is 0 Å². The second-order valence-electron chi connectivity index (χ2n) is 5.40. The molecule has 1 aliphatic rings. The number of rotatable bonds is 5. The summed E-state index contributed by atoms with van der Waals surface area (Å²) in [6.45, 7) is 2.52. The predicted molar refractivity (Wildman–Crippen MR) is 89.0 cm³/mol. The molecule has 0 unspecified atom stereocenters. The molecular weight excluding hydrogens is 328 g/mol. The van der Waals surface area contributed by atoms with E-state index in [0.717, 1.165) is 15.9 Å². The maximum atomic E-state index is 5.92. The van der Waals surface area contributed by atoms with Gasteiger partial charge < -0.3 is 10.1 Å². The maximum absolute atomic E-state index is 5.92. The average Bonchev–Trinajstić information content (AvgIpc) is 3.32. The molecular formula is C17H19BrN2O. The summed E-state index contributed by atoms with van der Waals surface area (Å²) in [5.41, 5.74) is 4.76. The van der Waals surface area contributed by atoms with Gasteiger partial charge >= 0.3 is 0 Å². The summed E-state index contributed by atoms with van der Waals surface area (Å²) < 4.78 is 6.92. The molecule has 1 fully saturated rings. The van der Waals surface area contributed by atoms with Gasteiger partial charge in [0.15, 0.2) is 0 Å². The Morgan fingerprint density at radius 3 is 2.76 bits per heavy atom. The molecule has 0 saturated heterocycles. The van der Waals surface area contributed by atoms with Crippen LogP contribution in [-0.4, -0.2) is 12.0 Å². The third-order valence-electron chi connectivity index (χ3n) is 3.86. The Hall–Kier alpha value is -1.55. The smallest absolute Gasteiger partial charge is 0.213 e. The van der Waals surface area contributed by atoms with Crippen molar-refractivity contribution in [1.29, 1.82) is 0 Å². The zero-order chi connectivity index (χ0) is 14.8. The van der Waals surface area contributed by atoms with Crippen LogP contribution in [0.5, 0.6) is 5.88 Å². The third-order valence-corrected chi connectivity index (χ3v) is 4.70. The number of nitrogens with zero attached hydrogens (tertiary/aromatic N) is 1. The van der Waals surface area contributed by atoms with Gasteiger partial charge in [-0.15, -0.1) is 0 Å². The third kappa shape index (κ3) is 3.21. The zero-order valence-electron chi connectivity index (χ0n) is 12.3. The highest BCUT2D eigenvalue weighted by molar-refractivity contribution is 9.10. The fraction of sp³-hybridized carbons (Fsp3) is 0.353. The standard InChI is InChI=1S/C17H19BrN2O/c1-11-15(18)8-9-17(20-11)21-10-14-13(12-6-7-12)4-3-5-16(14)19-2/h3-5,8-9,12,19H,6-7,10H2,1-2H3. The van der Waals surface area contributed by atoms with Crippen LogP contribution in [0, 0.1) is 6.92 Å². The topological polar surface area (TPSA) is 34.1 Å². The number of aromatic nitrogens is 1. The van der Waals surface area contributed by atoms with Gasteiger partial charge in [0.25, 0.3) is 0 Å². The van der Waals surface area contributed by atoms with E-state index in [1.54, 1.807) is 0 Å². The highest BCUT2D eigenvalue weighted by atomic mass is 79.9. The van der Waals surface area contributed by atoms with Crippen molar-refractivity contribution in [1.82, 2.24) is 4.98 Å². The predicted octanol–water partition coefficient (Wildman–Crippen LogP) is 4.65. The first-order valence-corrected chi connectivity index (χ1v) is 8.04. The average molecular weight is 347 g/mol. The van der Waals surface area contributed by atoms with Crippen LogP contribution in [0.1, 0.15) is 35.6 Å². The second kappa shape index (κ2) is 6.06. The molecule has 0 aliphatic heterocycles. The van der Waals surface area contributed by atoms with Crippen LogP contribution in [0.15, 0.2) is 34.8 Å². The molecule has 1 aromatic carbocycles. The van der Waals surface area contributed by atoms with Gasteiger partial charge in [-0.3, -0.25) is 0 Å². The van der Waals surface area contributed by atoms with Crippen molar-refractivity contribution in [2.75, 3.05) is 12.4 Å². The van der Waals surface area contributed by atoms with E-state index in [0.29, 0.717) is 18.4 Å². The molecule has 3 nitrogen and oxygen atoms in total. The minimum atomic E-state index is 0.552. The largest absolute Gasteiger partial charge is 0.473 e. The first-order chi connectivity index (χ1) is 10.2. The van der Waals surface area contributed by atoms with Crippen LogP contribution in [-0.2, 0) is 6.61 Å². The Morgan fingerprint density at radius 2 is 2.10 bits per heavy atom. The fourth-order valence-corrected chi connectivity index (χ4v) is 2.75. The van der Waals surface area contributed by atoms with Gasteiger partial charge in [-0.25, -0.2) is 4.98 Å². The van der Waals surface area contributed by atoms with Crippen LogP contribution in [0.25, 0.3) is 0 Å². The summed E-state index contributed by atoms with van der Waals surface area (Å²) in [5.74, 6) is 1.37. The van der Waals surface area contributed by atoms with E-state index in [9.17, 15) is 0 Å². The van der Waals surface area contributed by atoms with Gasteiger partial charge in [0, 0.05) is 28.8 Å². The van der Waals surface area contributed by atoms with E-state index in [4.69, 9.17) is 4.74 Å². The molecule has 3 rings (SSSR count). The molecule has 21 heavy (non-hydrogen) atoms. The normalized spacial score (nSPS) is 14.0. The highest BCUT2D eigenvalue weighted by Crippen LogP contribution is 2.43. The van der Waals surface area contributed by atoms with Crippen molar-refractivity contribution in [2.24, 2.45) is 0 Å². The number of hydrogen-bond acceptors (Lipinski definition) is 3. The van der Waals surface area contributed by atoms with Crippen molar-refractivity contribution in [3.05, 3.63) is 51.6 Å². The molecule has 1 saturated carbocycles. The van der Waals surface area contributed by atoms with Gasteiger partial charge in [0.05, 0.1) is 5.69 Å². The fourth-order valence-electron chi connectivity index (χ4n) is 2.52. The number of pyridine rings is 1. The Balaban J connectivity index is 1.82. The molecule has 0 amide bonds. The van der Waals surface area contributed by atoms with Crippen LogP contribution < -0.4 is 10.1 Å². The maximum Gasteiger partial charge on any atom is 0.213 e. The second-order valence-corrected chi connectivity index (χ2v) is 6.26. The van der Waals surface area contributed by atoms with Crippen molar-refractivity contribution in [3.63, 3.8) is 0 Å². The molecule has 110 valence electrons. The number of aryl methyl sites for hydroxylation is 1. The summed E-state index contributed by atoms with van der Waals surface area (Å²) in [6, 6.07) is 10.3. The lowest BCUT2D eigenvalue weighted by molar-refractivity contribution is 0.292. The molecule has 1 aromatic heterocycles. The molecule has 0 spiro atoms. The number of anilines is 1. The number of ether oxygens (including phenoxy) is 1. The van der Waals surface area contributed by atoms with Gasteiger partial charge in [0.2, 0.25) is 5.88 Å². The van der Waals surface area contributed by atoms with Crippen LogP contribution in [0.3, 0.4) is 0 Å². The summed E-state index contributed by atoms with van der Waals surface area (Å²) >= 11 is 3.46. The summed E-state index contributed by atoms with van der Waals surface area (Å²) in [5, 5.41) is 3.27. The Bertz CT molecular complexity index is 653. The van der Waals surface area contributed by atoms with Crippen molar-refractivity contribution in [3.8, 4) is 5.88 Å². The van der Waals surface area contributed by atoms with Crippen molar-refractivity contribution in [2.45, 2.75) is 32.3 Å². The van der Waals surface area contributed by atoms with E-state index in [-0.39, 0.29) is 0 Å². The lowest BCUT2D eigenvalue weighted by Crippen LogP contribution is -2.05. The summed E-state index contributed by atoms with van der Waals surface area (Å²) in [6.07, 6.45) is 2.58. The Morgan fingerprint density at radius 1 is 1.29 bits per heavy atom. The molecule has 1 N–H and O–H groups in total. The van der Waals surface area contributed by atoms with Crippen molar-refractivity contribution >= 4 is 21.6 Å². The van der Waals surface area contributed by atoms with Gasteiger partial charge in [-0.2, -0.15) is 0 Å². The molecule has 2 aromatic rings. The van der Waals surface area contributed by atoms with Gasteiger partial charge in [-0.1, -0.05) is 12.1 Å². The first-order valence-electron chi connectivity index (χ1n) is 7.24. The molecule has 0 bridgehead atoms. The quantitative estimate of drug-likeness (QED) is 0.855. The molecule has 0 radical (unpaired) electrons. The zero-order valence-corrected chi connectivity index (χ0v) is 13.9. The van der Waals surface area contributed by atoms with Gasteiger partial charge in [-0.05, 0) is 59.3 Å². The molecule has 0 atom stereocenters. The number of benzene rings is 1. The molecule has 1 heterocycles. The van der Waals surface area contributed by atoms with Crippen molar-refractivity contribution < 1.29 is 4.74 Å².